The average molecular weight is 307 g/mol. The molecule has 1 aromatic rings. The molecule has 2 rings (SSSR count). The lowest BCUT2D eigenvalue weighted by Gasteiger charge is -2.33. The highest BCUT2D eigenvalue weighted by Gasteiger charge is 2.32. The fourth-order valence-electron chi connectivity index (χ4n) is 2.66. The quantitative estimate of drug-likeness (QED) is 0.761. The van der Waals surface area contributed by atoms with E-state index in [1.807, 2.05) is 0 Å². The Morgan fingerprint density at radius 3 is 2.95 bits per heavy atom. The molecule has 1 saturated heterocycles. The second-order valence-electron chi connectivity index (χ2n) is 5.36. The minimum Gasteiger partial charge on any atom is -0.466 e. The molecule has 2 heterocycles. The summed E-state index contributed by atoms with van der Waals surface area (Å²) in [6.45, 7) is 4.66. The summed E-state index contributed by atoms with van der Waals surface area (Å²) in [5.41, 5.74) is -0.317. The van der Waals surface area contributed by atoms with Gasteiger partial charge >= 0.3 is 5.97 Å². The van der Waals surface area contributed by atoms with Gasteiger partial charge in [0.25, 0.3) is 5.56 Å². The van der Waals surface area contributed by atoms with Crippen molar-refractivity contribution >= 4 is 11.9 Å². The lowest BCUT2D eigenvalue weighted by atomic mass is 9.97. The first kappa shape index (κ1) is 16.2. The largest absolute Gasteiger partial charge is 0.466 e. The Balaban J connectivity index is 2.07. The van der Waals surface area contributed by atoms with E-state index in [4.69, 9.17) is 4.74 Å². The minimum atomic E-state index is -0.686. The molecule has 7 heteroatoms. The van der Waals surface area contributed by atoms with Crippen LogP contribution in [0.3, 0.4) is 0 Å². The van der Waals surface area contributed by atoms with Crippen molar-refractivity contribution in [2.24, 2.45) is 5.92 Å². The van der Waals surface area contributed by atoms with Crippen LogP contribution in [0.15, 0.2) is 23.1 Å². The minimum absolute atomic E-state index is 0.199. The average Bonchev–Trinajstić information content (AvgIpc) is 2.54. The van der Waals surface area contributed by atoms with Gasteiger partial charge in [0.15, 0.2) is 0 Å². The van der Waals surface area contributed by atoms with E-state index in [1.165, 1.54) is 18.3 Å². The van der Waals surface area contributed by atoms with E-state index in [9.17, 15) is 14.4 Å². The predicted octanol–water partition coefficient (Wildman–Crippen LogP) is 0.606. The maximum atomic E-state index is 12.6. The maximum absolute atomic E-state index is 12.6. The van der Waals surface area contributed by atoms with Crippen molar-refractivity contribution in [1.29, 1.82) is 0 Å². The molecule has 7 nitrogen and oxygen atoms in total. The summed E-state index contributed by atoms with van der Waals surface area (Å²) in [6.07, 6.45) is 2.95. The van der Waals surface area contributed by atoms with Crippen LogP contribution in [0.2, 0.25) is 0 Å². The highest BCUT2D eigenvalue weighted by atomic mass is 16.5. The van der Waals surface area contributed by atoms with Crippen LogP contribution in [0.4, 0.5) is 0 Å². The fraction of sp³-hybridized carbons (Fsp3) is 0.600. The number of hydrogen-bond acceptors (Lipinski definition) is 5. The monoisotopic (exact) mass is 307 g/mol. The number of amides is 1. The van der Waals surface area contributed by atoms with Gasteiger partial charge in [-0.25, -0.2) is 4.68 Å². The molecule has 1 aromatic heterocycles. The van der Waals surface area contributed by atoms with Gasteiger partial charge in [0, 0.05) is 25.4 Å². The topological polar surface area (TPSA) is 81.5 Å². The summed E-state index contributed by atoms with van der Waals surface area (Å²) < 4.78 is 6.19. The third-order valence-corrected chi connectivity index (χ3v) is 3.82. The van der Waals surface area contributed by atoms with E-state index in [1.54, 1.807) is 18.7 Å². The van der Waals surface area contributed by atoms with Gasteiger partial charge in [-0.1, -0.05) is 0 Å². The Morgan fingerprint density at radius 1 is 1.50 bits per heavy atom. The highest BCUT2D eigenvalue weighted by Crippen LogP contribution is 2.20. The van der Waals surface area contributed by atoms with Crippen LogP contribution in [0, 0.1) is 5.92 Å². The summed E-state index contributed by atoms with van der Waals surface area (Å²) in [6, 6.07) is 2.22. The molecule has 0 aliphatic carbocycles. The summed E-state index contributed by atoms with van der Waals surface area (Å²) >= 11 is 0. The van der Waals surface area contributed by atoms with E-state index < -0.39 is 6.04 Å². The van der Waals surface area contributed by atoms with Crippen molar-refractivity contribution in [2.75, 3.05) is 19.7 Å². The number of hydrogen-bond donors (Lipinski definition) is 0. The first-order chi connectivity index (χ1) is 10.5. The van der Waals surface area contributed by atoms with Crippen molar-refractivity contribution in [2.45, 2.75) is 32.7 Å². The van der Waals surface area contributed by atoms with E-state index in [0.29, 0.717) is 19.7 Å². The zero-order valence-corrected chi connectivity index (χ0v) is 12.9. The van der Waals surface area contributed by atoms with Crippen molar-refractivity contribution in [1.82, 2.24) is 14.7 Å². The van der Waals surface area contributed by atoms with Crippen LogP contribution in [0.1, 0.15) is 32.7 Å². The Morgan fingerprint density at radius 2 is 2.27 bits per heavy atom. The molecule has 1 aliphatic rings. The summed E-state index contributed by atoms with van der Waals surface area (Å²) in [5.74, 6) is -0.747. The van der Waals surface area contributed by atoms with Gasteiger partial charge in [-0.2, -0.15) is 5.10 Å². The molecular formula is C15H21N3O4. The van der Waals surface area contributed by atoms with Gasteiger partial charge in [0.1, 0.15) is 6.04 Å². The molecule has 0 spiro atoms. The molecule has 2 unspecified atom stereocenters. The Hall–Kier alpha value is -2.18. The zero-order chi connectivity index (χ0) is 16.1. The Bertz CT molecular complexity index is 598. The normalized spacial score (nSPS) is 19.5. The fourth-order valence-corrected chi connectivity index (χ4v) is 2.66. The standard InChI is InChI=1S/C15H21N3O4/c1-3-22-15(21)12-6-5-9-17(10-12)14(20)11(2)18-13(19)7-4-8-16-18/h4,7-8,11-12H,3,5-6,9-10H2,1-2H3. The van der Waals surface area contributed by atoms with E-state index in [0.717, 1.165) is 17.5 Å². The predicted molar refractivity (Wildman–Crippen MR) is 79.1 cm³/mol. The molecule has 0 N–H and O–H groups in total. The third kappa shape index (κ3) is 3.52. The molecule has 0 aromatic carbocycles. The van der Waals surface area contributed by atoms with Crippen LogP contribution < -0.4 is 5.56 Å². The molecule has 120 valence electrons. The summed E-state index contributed by atoms with van der Waals surface area (Å²) in [7, 11) is 0. The molecule has 2 atom stereocenters. The molecule has 1 aliphatic heterocycles. The second-order valence-corrected chi connectivity index (χ2v) is 5.36. The van der Waals surface area contributed by atoms with Crippen molar-refractivity contribution in [3.63, 3.8) is 0 Å². The number of aromatic nitrogens is 2. The van der Waals surface area contributed by atoms with E-state index in [2.05, 4.69) is 5.10 Å². The van der Waals surface area contributed by atoms with Gasteiger partial charge < -0.3 is 9.64 Å². The Kier molecular flexibility index (Phi) is 5.30. The second kappa shape index (κ2) is 7.20. The number of esters is 1. The number of piperidine rings is 1. The smallest absolute Gasteiger partial charge is 0.310 e. The molecule has 0 radical (unpaired) electrons. The number of likely N-dealkylation sites (tertiary alicyclic amines) is 1. The van der Waals surface area contributed by atoms with Gasteiger partial charge in [0.05, 0.1) is 12.5 Å². The number of carbonyl (C=O) groups is 2. The van der Waals surface area contributed by atoms with Crippen LogP contribution >= 0.6 is 0 Å². The maximum Gasteiger partial charge on any atom is 0.310 e. The molecule has 22 heavy (non-hydrogen) atoms. The van der Waals surface area contributed by atoms with E-state index >= 15 is 0 Å². The first-order valence-corrected chi connectivity index (χ1v) is 7.53. The van der Waals surface area contributed by atoms with Gasteiger partial charge in [-0.05, 0) is 32.8 Å². The van der Waals surface area contributed by atoms with Crippen LogP contribution in [-0.2, 0) is 14.3 Å². The van der Waals surface area contributed by atoms with Crippen molar-refractivity contribution < 1.29 is 14.3 Å². The van der Waals surface area contributed by atoms with Crippen molar-refractivity contribution in [3.8, 4) is 0 Å². The summed E-state index contributed by atoms with van der Waals surface area (Å²) in [5, 5.41) is 3.94. The first-order valence-electron chi connectivity index (χ1n) is 7.53. The number of ether oxygens (including phenoxy) is 1. The van der Waals surface area contributed by atoms with Gasteiger partial charge in [-0.15, -0.1) is 0 Å². The molecular weight excluding hydrogens is 286 g/mol. The van der Waals surface area contributed by atoms with Crippen LogP contribution in [0.5, 0.6) is 0 Å². The lowest BCUT2D eigenvalue weighted by molar-refractivity contribution is -0.151. The Labute approximate surface area is 128 Å². The molecule has 0 bridgehead atoms. The highest BCUT2D eigenvalue weighted by molar-refractivity contribution is 5.81. The third-order valence-electron chi connectivity index (χ3n) is 3.82. The number of nitrogens with zero attached hydrogens (tertiary/aromatic N) is 3. The molecule has 1 amide bonds. The van der Waals surface area contributed by atoms with E-state index in [-0.39, 0.29) is 23.4 Å². The molecule has 0 saturated carbocycles. The zero-order valence-electron chi connectivity index (χ0n) is 12.9. The van der Waals surface area contributed by atoms with Gasteiger partial charge in [0.2, 0.25) is 5.91 Å². The lowest BCUT2D eigenvalue weighted by Crippen LogP contribution is -2.46. The number of carbonyl (C=O) groups excluding carboxylic acids is 2. The van der Waals surface area contributed by atoms with Crippen LogP contribution in [-0.4, -0.2) is 46.3 Å². The van der Waals surface area contributed by atoms with Crippen LogP contribution in [0.25, 0.3) is 0 Å². The summed E-state index contributed by atoms with van der Waals surface area (Å²) in [4.78, 5) is 37.8. The van der Waals surface area contributed by atoms with Gasteiger partial charge in [-0.3, -0.25) is 14.4 Å². The molecule has 1 fully saturated rings. The number of rotatable bonds is 4. The SMILES string of the molecule is CCOC(=O)C1CCCN(C(=O)C(C)n2ncccc2=O)C1. The van der Waals surface area contributed by atoms with Crippen molar-refractivity contribution in [3.05, 3.63) is 28.7 Å².